The average Bonchev–Trinajstić information content (AvgIpc) is 2.12. The van der Waals surface area contributed by atoms with Crippen molar-refractivity contribution >= 4 is 13.7 Å². The molecule has 0 aromatic carbocycles. The Balaban J connectivity index is 2.94. The van der Waals surface area contributed by atoms with Crippen LogP contribution in [0, 0.1) is 11.8 Å². The Kier molecular flexibility index (Phi) is 4.29. The second-order valence-electron chi connectivity index (χ2n) is 5.95. The van der Waals surface area contributed by atoms with E-state index in [0.29, 0.717) is 23.9 Å². The lowest BCUT2D eigenvalue weighted by atomic mass is 9.80. The Morgan fingerprint density at radius 1 is 1.18 bits per heavy atom. The average molecular weight is 237 g/mol. The number of carbonyl (C=O) groups is 1. The highest BCUT2D eigenvalue weighted by Gasteiger charge is 2.43. The van der Waals surface area contributed by atoms with Crippen LogP contribution in [0.4, 0.5) is 4.79 Å². The van der Waals surface area contributed by atoms with Gasteiger partial charge in [-0.3, -0.25) is 9.69 Å². The zero-order chi connectivity index (χ0) is 13.4. The summed E-state index contributed by atoms with van der Waals surface area (Å²) in [6.07, 6.45) is 1.21. The lowest BCUT2D eigenvalue weighted by molar-refractivity contribution is -0.151. The number of hydrogen-bond acceptors (Lipinski definition) is 3. The molecule has 4 atom stereocenters. The number of carbonyl (C=O) groups excluding carboxylic acids is 1. The van der Waals surface area contributed by atoms with E-state index in [1.807, 2.05) is 13.8 Å². The fourth-order valence-electron chi connectivity index (χ4n) is 3.18. The van der Waals surface area contributed by atoms with Crippen LogP contribution in [0.25, 0.3) is 0 Å². The Hall–Kier alpha value is -0.505. The summed E-state index contributed by atoms with van der Waals surface area (Å²) >= 11 is 0. The number of piperidine rings is 1. The molecule has 0 aliphatic carbocycles. The van der Waals surface area contributed by atoms with Crippen LogP contribution in [-0.4, -0.2) is 36.4 Å². The van der Waals surface area contributed by atoms with E-state index in [4.69, 9.17) is 12.6 Å². The summed E-state index contributed by atoms with van der Waals surface area (Å²) in [5, 5.41) is 0. The summed E-state index contributed by atoms with van der Waals surface area (Å²) in [7, 11) is 5.16. The molecule has 1 heterocycles. The molecule has 0 aromatic rings. The quantitative estimate of drug-likeness (QED) is 0.691. The second-order valence-corrected chi connectivity index (χ2v) is 5.95. The summed E-state index contributed by atoms with van der Waals surface area (Å²) in [5.74, 6) is 0.481. The smallest absolute Gasteiger partial charge is 0.237 e. The minimum atomic E-state index is -0.708. The van der Waals surface area contributed by atoms with Crippen molar-refractivity contribution in [1.82, 2.24) is 4.90 Å². The Bertz CT molecular complexity index is 279. The first-order valence-corrected chi connectivity index (χ1v) is 6.43. The van der Waals surface area contributed by atoms with Gasteiger partial charge in [0.25, 0.3) is 0 Å². The van der Waals surface area contributed by atoms with Crippen molar-refractivity contribution in [3.8, 4) is 0 Å². The molecule has 0 spiro atoms. The molecule has 1 aliphatic heterocycles. The van der Waals surface area contributed by atoms with E-state index in [2.05, 4.69) is 32.6 Å². The maximum atomic E-state index is 11.0. The van der Waals surface area contributed by atoms with Gasteiger partial charge in [-0.1, -0.05) is 13.8 Å². The molecule has 1 fully saturated rings. The van der Waals surface area contributed by atoms with Crippen molar-refractivity contribution in [1.29, 1.82) is 0 Å². The molecule has 2 radical (unpaired) electrons. The molecule has 0 unspecified atom stereocenters. The third kappa shape index (κ3) is 3.03. The topological polar surface area (TPSA) is 29.5 Å². The van der Waals surface area contributed by atoms with Crippen molar-refractivity contribution in [2.24, 2.45) is 11.8 Å². The highest BCUT2D eigenvalue weighted by molar-refractivity contribution is 6.55. The van der Waals surface area contributed by atoms with Crippen LogP contribution in [0.3, 0.4) is 0 Å². The Morgan fingerprint density at radius 3 is 1.94 bits per heavy atom. The third-order valence-electron chi connectivity index (χ3n) is 4.24. The summed E-state index contributed by atoms with van der Waals surface area (Å²) in [4.78, 5) is 13.3. The molecule has 0 amide bonds. The maximum absolute atomic E-state index is 11.0. The van der Waals surface area contributed by atoms with Gasteiger partial charge < -0.3 is 4.74 Å². The molecule has 0 saturated carbocycles. The summed E-state index contributed by atoms with van der Waals surface area (Å²) in [6.45, 7) is 12.7. The Morgan fingerprint density at radius 2 is 1.59 bits per heavy atom. The van der Waals surface area contributed by atoms with Gasteiger partial charge in [-0.05, 0) is 46.0 Å². The number of hydrogen-bond donors (Lipinski definition) is 0. The second kappa shape index (κ2) is 5.01. The molecule has 0 aromatic heterocycles. The van der Waals surface area contributed by atoms with Gasteiger partial charge in [-0.25, -0.2) is 0 Å². The summed E-state index contributed by atoms with van der Waals surface area (Å²) < 4.78 is 5.28. The first kappa shape index (κ1) is 14.6. The maximum Gasteiger partial charge on any atom is 0.237 e. The fourth-order valence-corrected chi connectivity index (χ4v) is 3.18. The van der Waals surface area contributed by atoms with Gasteiger partial charge in [-0.2, -0.15) is 0 Å². The lowest BCUT2D eigenvalue weighted by Crippen LogP contribution is -2.61. The standard InChI is InChI=1S/C13H24BNO2/c1-8-7-9(2)11(4)15(10(8)3)13(5,6)17-12(14)16/h8-11H,7H2,1-6H3/t8-,9+,10-,11+. The molecule has 0 bridgehead atoms. The molecule has 17 heavy (non-hydrogen) atoms. The van der Waals surface area contributed by atoms with E-state index in [-0.39, 0.29) is 0 Å². The minimum Gasteiger partial charge on any atom is -0.453 e. The van der Waals surface area contributed by atoms with E-state index in [1.54, 1.807) is 0 Å². The molecular formula is C13H24BNO2. The normalized spacial score (nSPS) is 35.6. The van der Waals surface area contributed by atoms with E-state index in [0.717, 1.165) is 0 Å². The first-order valence-electron chi connectivity index (χ1n) is 6.43. The van der Waals surface area contributed by atoms with E-state index in [9.17, 15) is 4.79 Å². The highest BCUT2D eigenvalue weighted by Crippen LogP contribution is 2.37. The fraction of sp³-hybridized carbons (Fsp3) is 0.923. The molecule has 0 N–H and O–H groups in total. The number of nitrogens with zero attached hydrogens (tertiary/aromatic N) is 1. The van der Waals surface area contributed by atoms with Crippen molar-refractivity contribution in [3.63, 3.8) is 0 Å². The van der Waals surface area contributed by atoms with Gasteiger partial charge in [0, 0.05) is 12.1 Å². The summed E-state index contributed by atoms with van der Waals surface area (Å²) in [6, 6.07) is 0.770. The van der Waals surface area contributed by atoms with Crippen LogP contribution in [-0.2, 0) is 4.74 Å². The lowest BCUT2D eigenvalue weighted by Gasteiger charge is -2.52. The Labute approximate surface area is 106 Å². The van der Waals surface area contributed by atoms with Gasteiger partial charge in [-0.15, -0.1) is 0 Å². The number of rotatable bonds is 2. The van der Waals surface area contributed by atoms with E-state index < -0.39 is 11.6 Å². The van der Waals surface area contributed by atoms with Gasteiger partial charge in [0.05, 0.1) is 0 Å². The van der Waals surface area contributed by atoms with Crippen molar-refractivity contribution in [2.75, 3.05) is 0 Å². The van der Waals surface area contributed by atoms with Crippen molar-refractivity contribution in [2.45, 2.75) is 65.8 Å². The molecule has 96 valence electrons. The predicted octanol–water partition coefficient (Wildman–Crippen LogP) is 2.78. The molecular weight excluding hydrogens is 213 g/mol. The number of ether oxygens (including phenoxy) is 1. The third-order valence-corrected chi connectivity index (χ3v) is 4.24. The molecule has 1 saturated heterocycles. The van der Waals surface area contributed by atoms with Gasteiger partial charge in [0.2, 0.25) is 13.7 Å². The first-order chi connectivity index (χ1) is 7.66. The monoisotopic (exact) mass is 237 g/mol. The van der Waals surface area contributed by atoms with Crippen LogP contribution in [0.2, 0.25) is 0 Å². The van der Waals surface area contributed by atoms with Gasteiger partial charge in [0.15, 0.2) is 5.72 Å². The van der Waals surface area contributed by atoms with Gasteiger partial charge >= 0.3 is 0 Å². The zero-order valence-electron chi connectivity index (χ0n) is 11.9. The molecule has 1 rings (SSSR count). The molecule has 1 aliphatic rings. The van der Waals surface area contributed by atoms with Crippen molar-refractivity contribution in [3.05, 3.63) is 0 Å². The highest BCUT2D eigenvalue weighted by atomic mass is 16.6. The largest absolute Gasteiger partial charge is 0.453 e. The van der Waals surface area contributed by atoms with E-state index >= 15 is 0 Å². The van der Waals surface area contributed by atoms with Crippen molar-refractivity contribution < 1.29 is 9.53 Å². The van der Waals surface area contributed by atoms with Crippen LogP contribution in [0.5, 0.6) is 0 Å². The summed E-state index contributed by atoms with van der Waals surface area (Å²) in [5.41, 5.74) is -0.645. The van der Waals surface area contributed by atoms with Crippen LogP contribution >= 0.6 is 0 Å². The van der Waals surface area contributed by atoms with E-state index in [1.165, 1.54) is 6.42 Å². The zero-order valence-corrected chi connectivity index (χ0v) is 11.9. The predicted molar refractivity (Wildman–Crippen MR) is 70.0 cm³/mol. The SMILES string of the molecule is [B]C(=O)OC(C)(C)N1[C@H](C)[C@H](C)C[C@H](C)[C@@H]1C. The van der Waals surface area contributed by atoms with Gasteiger partial charge in [0.1, 0.15) is 0 Å². The number of likely N-dealkylation sites (tertiary alicyclic amines) is 1. The van der Waals surface area contributed by atoms with Crippen LogP contribution < -0.4 is 0 Å². The van der Waals surface area contributed by atoms with Crippen LogP contribution in [0.1, 0.15) is 48.0 Å². The molecule has 4 heteroatoms. The van der Waals surface area contributed by atoms with Crippen LogP contribution in [0.15, 0.2) is 0 Å². The molecule has 3 nitrogen and oxygen atoms in total. The minimum absolute atomic E-state index is 0.385.